The molecule has 0 aliphatic rings. The van der Waals surface area contributed by atoms with E-state index >= 15 is 0 Å². The van der Waals surface area contributed by atoms with Crippen molar-refractivity contribution in [3.63, 3.8) is 0 Å². The lowest BCUT2D eigenvalue weighted by Crippen LogP contribution is -2.30. The van der Waals surface area contributed by atoms with Crippen LogP contribution in [-0.4, -0.2) is 25.8 Å². The first-order valence-electron chi connectivity index (χ1n) is 8.18. The smallest absolute Gasteiger partial charge is 0.292 e. The molecule has 1 amide bonds. The number of nitrogens with one attached hydrogen (secondary N) is 2. The Balaban J connectivity index is 1.80. The summed E-state index contributed by atoms with van der Waals surface area (Å²) in [5, 5.41) is 19.2. The van der Waals surface area contributed by atoms with Crippen molar-refractivity contribution >= 4 is 28.9 Å². The molecule has 0 saturated heterocycles. The quantitative estimate of drug-likeness (QED) is 0.459. The minimum Gasteiger partial charge on any atom is -0.292 e. The van der Waals surface area contributed by atoms with Crippen LogP contribution in [0.4, 0.5) is 24.5 Å². The van der Waals surface area contributed by atoms with Gasteiger partial charge in [-0.25, -0.2) is 4.68 Å². The highest BCUT2D eigenvalue weighted by molar-refractivity contribution is 6.30. The highest BCUT2D eigenvalue weighted by Crippen LogP contribution is 2.34. The Labute approximate surface area is 171 Å². The lowest BCUT2D eigenvalue weighted by Gasteiger charge is -2.11. The second-order valence-electron chi connectivity index (χ2n) is 5.98. The number of benzene rings is 2. The molecule has 0 aliphatic heterocycles. The Morgan fingerprint density at radius 3 is 2.60 bits per heavy atom. The zero-order valence-electron chi connectivity index (χ0n) is 15.1. The van der Waals surface area contributed by atoms with Crippen LogP contribution in [0.2, 0.25) is 5.02 Å². The van der Waals surface area contributed by atoms with Gasteiger partial charge in [-0.15, -0.1) is 5.10 Å². The van der Waals surface area contributed by atoms with E-state index in [1.165, 1.54) is 4.68 Å². The molecule has 2 N–H and O–H groups in total. The van der Waals surface area contributed by atoms with Gasteiger partial charge in [0.2, 0.25) is 0 Å². The molecular weight excluding hydrogens is 429 g/mol. The van der Waals surface area contributed by atoms with Gasteiger partial charge in [-0.3, -0.25) is 25.8 Å². The Hall–Kier alpha value is -3.67. The Kier molecular flexibility index (Phi) is 5.60. The van der Waals surface area contributed by atoms with Crippen LogP contribution in [-0.2, 0) is 6.18 Å². The summed E-state index contributed by atoms with van der Waals surface area (Å²) in [6.45, 7) is 1.57. The summed E-state index contributed by atoms with van der Waals surface area (Å²) < 4.78 is 39.7. The maximum atomic E-state index is 12.8. The topological polar surface area (TPSA) is 115 Å². The van der Waals surface area contributed by atoms with Crippen LogP contribution < -0.4 is 10.9 Å². The molecular formula is C17H12ClF3N6O3. The highest BCUT2D eigenvalue weighted by atomic mass is 35.5. The van der Waals surface area contributed by atoms with Gasteiger partial charge < -0.3 is 0 Å². The number of anilines is 1. The van der Waals surface area contributed by atoms with Gasteiger partial charge in [-0.05, 0) is 37.3 Å². The van der Waals surface area contributed by atoms with Gasteiger partial charge in [0, 0.05) is 11.1 Å². The van der Waals surface area contributed by atoms with Crippen molar-refractivity contribution in [2.24, 2.45) is 0 Å². The summed E-state index contributed by atoms with van der Waals surface area (Å²) in [5.74, 6) is -0.796. The van der Waals surface area contributed by atoms with Gasteiger partial charge in [-0.1, -0.05) is 22.9 Å². The maximum Gasteiger partial charge on any atom is 0.416 e. The second-order valence-corrected chi connectivity index (χ2v) is 6.42. The molecule has 0 aliphatic carbocycles. The van der Waals surface area contributed by atoms with E-state index < -0.39 is 28.3 Å². The molecule has 3 rings (SSSR count). The van der Waals surface area contributed by atoms with Crippen LogP contribution in [0.5, 0.6) is 0 Å². The van der Waals surface area contributed by atoms with Crippen molar-refractivity contribution in [2.45, 2.75) is 13.1 Å². The fourth-order valence-electron chi connectivity index (χ4n) is 2.54. The molecule has 156 valence electrons. The van der Waals surface area contributed by atoms with Crippen LogP contribution in [0.3, 0.4) is 0 Å². The number of amides is 1. The number of hydrazine groups is 1. The molecule has 0 saturated carbocycles. The third-order valence-corrected chi connectivity index (χ3v) is 4.23. The molecule has 30 heavy (non-hydrogen) atoms. The van der Waals surface area contributed by atoms with E-state index in [0.29, 0.717) is 28.5 Å². The Morgan fingerprint density at radius 2 is 1.97 bits per heavy atom. The first-order valence-corrected chi connectivity index (χ1v) is 8.56. The van der Waals surface area contributed by atoms with E-state index in [9.17, 15) is 28.1 Å². The van der Waals surface area contributed by atoms with Gasteiger partial charge in [0.05, 0.1) is 21.9 Å². The van der Waals surface area contributed by atoms with E-state index in [2.05, 4.69) is 21.2 Å². The third-order valence-electron chi connectivity index (χ3n) is 3.99. The fourth-order valence-corrected chi connectivity index (χ4v) is 2.72. The van der Waals surface area contributed by atoms with Crippen LogP contribution >= 0.6 is 11.6 Å². The summed E-state index contributed by atoms with van der Waals surface area (Å²) in [6, 6.07) is 8.51. The number of nitro groups is 1. The molecule has 2 aromatic carbocycles. The SMILES string of the molecule is Cc1c(C(=O)NNc2ccc(C(F)(F)F)cc2[N+](=O)[O-])nnn1-c1cccc(Cl)c1. The predicted molar refractivity (Wildman–Crippen MR) is 100 cm³/mol. The maximum absolute atomic E-state index is 12.8. The lowest BCUT2D eigenvalue weighted by atomic mass is 10.1. The van der Waals surface area contributed by atoms with E-state index in [1.54, 1.807) is 31.2 Å². The number of aromatic nitrogens is 3. The number of carbonyl (C=O) groups is 1. The highest BCUT2D eigenvalue weighted by Gasteiger charge is 2.33. The Bertz CT molecular complexity index is 1130. The van der Waals surface area contributed by atoms with Crippen molar-refractivity contribution in [3.8, 4) is 5.69 Å². The van der Waals surface area contributed by atoms with Gasteiger partial charge >= 0.3 is 6.18 Å². The number of alkyl halides is 3. The molecule has 0 bridgehead atoms. The summed E-state index contributed by atoms with van der Waals surface area (Å²) in [7, 11) is 0. The molecule has 0 radical (unpaired) electrons. The average Bonchev–Trinajstić information content (AvgIpc) is 3.06. The van der Waals surface area contributed by atoms with Crippen molar-refractivity contribution < 1.29 is 22.9 Å². The summed E-state index contributed by atoms with van der Waals surface area (Å²) in [6.07, 6.45) is -4.75. The van der Waals surface area contributed by atoms with Gasteiger partial charge in [0.1, 0.15) is 5.69 Å². The summed E-state index contributed by atoms with van der Waals surface area (Å²) in [5.41, 5.74) is 2.84. The molecule has 0 atom stereocenters. The van der Waals surface area contributed by atoms with Crippen LogP contribution in [0.1, 0.15) is 21.7 Å². The number of nitrogens with zero attached hydrogens (tertiary/aromatic N) is 4. The molecule has 9 nitrogen and oxygen atoms in total. The third kappa shape index (κ3) is 4.33. The van der Waals surface area contributed by atoms with Crippen molar-refractivity contribution in [1.82, 2.24) is 20.4 Å². The summed E-state index contributed by atoms with van der Waals surface area (Å²) in [4.78, 5) is 22.5. The average molecular weight is 441 g/mol. The number of hydrogen-bond donors (Lipinski definition) is 2. The van der Waals surface area contributed by atoms with Crippen molar-refractivity contribution in [2.75, 3.05) is 5.43 Å². The first kappa shape index (κ1) is 21.0. The minimum absolute atomic E-state index is 0.1000. The molecule has 0 spiro atoms. The summed E-state index contributed by atoms with van der Waals surface area (Å²) >= 11 is 5.94. The number of rotatable bonds is 5. The largest absolute Gasteiger partial charge is 0.416 e. The molecule has 0 unspecified atom stereocenters. The van der Waals surface area contributed by atoms with Gasteiger partial charge in [-0.2, -0.15) is 13.2 Å². The fraction of sp³-hybridized carbons (Fsp3) is 0.118. The number of hydrogen-bond acceptors (Lipinski definition) is 6. The van der Waals surface area contributed by atoms with Crippen LogP contribution in [0, 0.1) is 17.0 Å². The van der Waals surface area contributed by atoms with E-state index in [0.717, 1.165) is 6.07 Å². The monoisotopic (exact) mass is 440 g/mol. The van der Waals surface area contributed by atoms with E-state index in [1.807, 2.05) is 0 Å². The Morgan fingerprint density at radius 1 is 1.23 bits per heavy atom. The molecule has 1 heterocycles. The van der Waals surface area contributed by atoms with E-state index in [4.69, 9.17) is 11.6 Å². The number of halogens is 4. The zero-order valence-corrected chi connectivity index (χ0v) is 15.8. The molecule has 0 fully saturated rings. The van der Waals surface area contributed by atoms with Crippen molar-refractivity contribution in [1.29, 1.82) is 0 Å². The van der Waals surface area contributed by atoms with Crippen LogP contribution in [0.25, 0.3) is 5.69 Å². The normalized spacial score (nSPS) is 11.2. The van der Waals surface area contributed by atoms with Gasteiger partial charge in [0.15, 0.2) is 5.69 Å². The van der Waals surface area contributed by atoms with Crippen molar-refractivity contribution in [3.05, 3.63) is 74.6 Å². The molecule has 1 aromatic heterocycles. The van der Waals surface area contributed by atoms with E-state index in [-0.39, 0.29) is 11.4 Å². The standard InChI is InChI=1S/C17H12ClF3N6O3/c1-9-15(23-25-26(9)12-4-2-3-11(18)8-12)16(28)24-22-13-6-5-10(17(19,20)21)7-14(13)27(29)30/h2-8,22H,1H3,(H,24,28). The predicted octanol–water partition coefficient (Wildman–Crippen LogP) is 3.91. The minimum atomic E-state index is -4.75. The number of nitro benzene ring substituents is 1. The lowest BCUT2D eigenvalue weighted by molar-refractivity contribution is -0.384. The van der Waals surface area contributed by atoms with Gasteiger partial charge in [0.25, 0.3) is 11.6 Å². The zero-order chi connectivity index (χ0) is 22.1. The first-order chi connectivity index (χ1) is 14.1. The molecule has 3 aromatic rings. The van der Waals surface area contributed by atoms with Crippen LogP contribution in [0.15, 0.2) is 42.5 Å². The number of carbonyl (C=O) groups excluding carboxylic acids is 1. The molecule has 13 heteroatoms. The second kappa shape index (κ2) is 7.99.